The summed E-state index contributed by atoms with van der Waals surface area (Å²) in [6.45, 7) is 1.34. The molecule has 1 fully saturated rings. The molecule has 2 rings (SSSR count). The summed E-state index contributed by atoms with van der Waals surface area (Å²) in [5.41, 5.74) is 6.32. The van der Waals surface area contributed by atoms with Crippen molar-refractivity contribution >= 4 is 5.91 Å². The van der Waals surface area contributed by atoms with E-state index in [-0.39, 0.29) is 11.3 Å². The summed E-state index contributed by atoms with van der Waals surface area (Å²) in [5.74, 6) is 0.892. The topological polar surface area (TPSA) is 73.6 Å². The molecule has 5 heteroatoms. The number of amides is 1. The Bertz CT molecular complexity index is 484. The molecule has 20 heavy (non-hydrogen) atoms. The van der Waals surface area contributed by atoms with Crippen LogP contribution in [0, 0.1) is 5.41 Å². The van der Waals surface area contributed by atoms with Gasteiger partial charge in [-0.3, -0.25) is 4.79 Å². The molecule has 1 aromatic carbocycles. The number of hydrogen-bond donors (Lipinski definition) is 2. The Morgan fingerprint density at radius 3 is 2.65 bits per heavy atom. The lowest BCUT2D eigenvalue weighted by atomic mass is 10.0. The first kappa shape index (κ1) is 14.7. The van der Waals surface area contributed by atoms with Gasteiger partial charge in [0, 0.05) is 6.54 Å². The molecule has 3 N–H and O–H groups in total. The SMILES string of the molecule is COc1cccc(C(=O)NCC2(CCN)CC2)c1OC. The predicted molar refractivity (Wildman–Crippen MR) is 77.2 cm³/mol. The molecular formula is C15H22N2O3. The van der Waals surface area contributed by atoms with Gasteiger partial charge in [0.2, 0.25) is 0 Å². The van der Waals surface area contributed by atoms with Crippen LogP contribution in [-0.4, -0.2) is 33.2 Å². The Balaban J connectivity index is 2.06. The van der Waals surface area contributed by atoms with Gasteiger partial charge in [-0.05, 0) is 43.4 Å². The molecule has 0 unspecified atom stereocenters. The Hall–Kier alpha value is -1.75. The Kier molecular flexibility index (Phi) is 4.49. The van der Waals surface area contributed by atoms with E-state index in [4.69, 9.17) is 15.2 Å². The zero-order valence-electron chi connectivity index (χ0n) is 12.1. The maximum absolute atomic E-state index is 12.3. The van der Waals surface area contributed by atoms with Crippen molar-refractivity contribution in [3.63, 3.8) is 0 Å². The van der Waals surface area contributed by atoms with E-state index in [2.05, 4.69) is 5.32 Å². The van der Waals surface area contributed by atoms with Crippen molar-refractivity contribution < 1.29 is 14.3 Å². The number of nitrogens with one attached hydrogen (secondary N) is 1. The van der Waals surface area contributed by atoms with Crippen molar-refractivity contribution in [3.8, 4) is 11.5 Å². The molecule has 1 saturated carbocycles. The maximum Gasteiger partial charge on any atom is 0.255 e. The van der Waals surface area contributed by atoms with Crippen LogP contribution in [0.15, 0.2) is 18.2 Å². The lowest BCUT2D eigenvalue weighted by molar-refractivity contribution is 0.0940. The highest BCUT2D eigenvalue weighted by molar-refractivity contribution is 5.97. The van der Waals surface area contributed by atoms with Crippen molar-refractivity contribution in [2.75, 3.05) is 27.3 Å². The fourth-order valence-electron chi connectivity index (χ4n) is 2.43. The van der Waals surface area contributed by atoms with Crippen LogP contribution >= 0.6 is 0 Å². The van der Waals surface area contributed by atoms with Gasteiger partial charge < -0.3 is 20.5 Å². The molecule has 1 aliphatic rings. The average Bonchev–Trinajstić information content (AvgIpc) is 3.24. The summed E-state index contributed by atoms with van der Waals surface area (Å²) in [5, 5.41) is 2.98. The van der Waals surface area contributed by atoms with Crippen LogP contribution in [0.25, 0.3) is 0 Å². The normalized spacial score (nSPS) is 15.6. The van der Waals surface area contributed by atoms with Crippen molar-refractivity contribution in [2.45, 2.75) is 19.3 Å². The number of ether oxygens (including phenoxy) is 2. The molecule has 0 spiro atoms. The maximum atomic E-state index is 12.3. The van der Waals surface area contributed by atoms with Gasteiger partial charge in [0.1, 0.15) is 0 Å². The number of rotatable bonds is 7. The van der Waals surface area contributed by atoms with E-state index >= 15 is 0 Å². The van der Waals surface area contributed by atoms with Gasteiger partial charge >= 0.3 is 0 Å². The Labute approximate surface area is 119 Å². The van der Waals surface area contributed by atoms with Gasteiger partial charge in [-0.1, -0.05) is 6.07 Å². The van der Waals surface area contributed by atoms with Crippen molar-refractivity contribution in [2.24, 2.45) is 11.1 Å². The largest absolute Gasteiger partial charge is 0.493 e. The molecule has 0 atom stereocenters. The zero-order chi connectivity index (χ0) is 14.6. The van der Waals surface area contributed by atoms with Gasteiger partial charge in [-0.25, -0.2) is 0 Å². The van der Waals surface area contributed by atoms with Crippen LogP contribution in [0.1, 0.15) is 29.6 Å². The number of hydrogen-bond acceptors (Lipinski definition) is 4. The van der Waals surface area contributed by atoms with Gasteiger partial charge in [-0.2, -0.15) is 0 Å². The second kappa shape index (κ2) is 6.13. The number of nitrogens with two attached hydrogens (primary N) is 1. The van der Waals surface area contributed by atoms with Gasteiger partial charge in [0.05, 0.1) is 19.8 Å². The molecule has 1 aliphatic carbocycles. The molecular weight excluding hydrogens is 256 g/mol. The molecule has 1 aromatic rings. The number of methoxy groups -OCH3 is 2. The Morgan fingerprint density at radius 2 is 2.10 bits per heavy atom. The molecule has 0 heterocycles. The molecule has 110 valence electrons. The lowest BCUT2D eigenvalue weighted by Gasteiger charge is -2.16. The first-order valence-electron chi connectivity index (χ1n) is 6.85. The van der Waals surface area contributed by atoms with Crippen molar-refractivity contribution in [3.05, 3.63) is 23.8 Å². The van der Waals surface area contributed by atoms with E-state index in [9.17, 15) is 4.79 Å². The second-order valence-electron chi connectivity index (χ2n) is 5.26. The monoisotopic (exact) mass is 278 g/mol. The van der Waals surface area contributed by atoms with E-state index in [1.54, 1.807) is 25.3 Å². The third-order valence-corrected chi connectivity index (χ3v) is 3.90. The second-order valence-corrected chi connectivity index (χ2v) is 5.26. The highest BCUT2D eigenvalue weighted by atomic mass is 16.5. The molecule has 0 bridgehead atoms. The van der Waals surface area contributed by atoms with Crippen LogP contribution in [0.3, 0.4) is 0 Å². The summed E-state index contributed by atoms with van der Waals surface area (Å²) in [7, 11) is 3.09. The van der Waals surface area contributed by atoms with Gasteiger partial charge in [-0.15, -0.1) is 0 Å². The standard InChI is InChI=1S/C15H22N2O3/c1-19-12-5-3-4-11(13(12)20-2)14(18)17-10-15(6-7-15)8-9-16/h3-5H,6-10,16H2,1-2H3,(H,17,18). The van der Waals surface area contributed by atoms with Crippen LogP contribution < -0.4 is 20.5 Å². The molecule has 0 aromatic heterocycles. The minimum Gasteiger partial charge on any atom is -0.493 e. The molecule has 0 radical (unpaired) electrons. The van der Waals surface area contributed by atoms with E-state index in [1.165, 1.54) is 7.11 Å². The van der Waals surface area contributed by atoms with E-state index < -0.39 is 0 Å². The fraction of sp³-hybridized carbons (Fsp3) is 0.533. The van der Waals surface area contributed by atoms with Crippen LogP contribution in [0.2, 0.25) is 0 Å². The summed E-state index contributed by atoms with van der Waals surface area (Å²) < 4.78 is 10.5. The van der Waals surface area contributed by atoms with E-state index in [0.717, 1.165) is 19.3 Å². The number of para-hydroxylation sites is 1. The minimum absolute atomic E-state index is 0.135. The predicted octanol–water partition coefficient (Wildman–Crippen LogP) is 1.56. The summed E-state index contributed by atoms with van der Waals surface area (Å²) in [6.07, 6.45) is 3.24. The third-order valence-electron chi connectivity index (χ3n) is 3.90. The van der Waals surface area contributed by atoms with Crippen molar-refractivity contribution in [1.82, 2.24) is 5.32 Å². The zero-order valence-corrected chi connectivity index (χ0v) is 12.1. The molecule has 5 nitrogen and oxygen atoms in total. The fourth-order valence-corrected chi connectivity index (χ4v) is 2.43. The third kappa shape index (κ3) is 3.04. The average molecular weight is 278 g/mol. The first-order chi connectivity index (χ1) is 9.65. The molecule has 1 amide bonds. The minimum atomic E-state index is -0.135. The quantitative estimate of drug-likeness (QED) is 0.794. The number of carbonyl (C=O) groups excluding carboxylic acids is 1. The summed E-state index contributed by atoms with van der Waals surface area (Å²) >= 11 is 0. The first-order valence-corrected chi connectivity index (χ1v) is 6.85. The highest BCUT2D eigenvalue weighted by Crippen LogP contribution is 2.47. The van der Waals surface area contributed by atoms with Crippen LogP contribution in [-0.2, 0) is 0 Å². The summed E-state index contributed by atoms with van der Waals surface area (Å²) in [6, 6.07) is 5.29. The van der Waals surface area contributed by atoms with Gasteiger partial charge in [0.25, 0.3) is 5.91 Å². The molecule has 0 aliphatic heterocycles. The number of benzene rings is 1. The Morgan fingerprint density at radius 1 is 1.35 bits per heavy atom. The highest BCUT2D eigenvalue weighted by Gasteiger charge is 2.41. The van der Waals surface area contributed by atoms with Crippen molar-refractivity contribution in [1.29, 1.82) is 0 Å². The van der Waals surface area contributed by atoms with Crippen LogP contribution in [0.5, 0.6) is 11.5 Å². The summed E-state index contributed by atoms with van der Waals surface area (Å²) in [4.78, 5) is 12.3. The smallest absolute Gasteiger partial charge is 0.255 e. The lowest BCUT2D eigenvalue weighted by Crippen LogP contribution is -2.31. The van der Waals surface area contributed by atoms with Gasteiger partial charge in [0.15, 0.2) is 11.5 Å². The van der Waals surface area contributed by atoms with Crippen LogP contribution in [0.4, 0.5) is 0 Å². The number of carbonyl (C=O) groups is 1. The molecule has 0 saturated heterocycles. The van der Waals surface area contributed by atoms with E-state index in [0.29, 0.717) is 30.2 Å². The van der Waals surface area contributed by atoms with E-state index in [1.807, 2.05) is 0 Å².